The summed E-state index contributed by atoms with van der Waals surface area (Å²) >= 11 is 3.28. The highest BCUT2D eigenvalue weighted by molar-refractivity contribution is 8.19. The van der Waals surface area contributed by atoms with Gasteiger partial charge < -0.3 is 14.6 Å². The second-order valence-electron chi connectivity index (χ2n) is 6.65. The Labute approximate surface area is 154 Å². The highest BCUT2D eigenvalue weighted by atomic mass is 32.2. The second kappa shape index (κ2) is 11.7. The third-order valence-electron chi connectivity index (χ3n) is 4.63. The standard InChI is InChI=1S/C18H32O4S2/c19-17(20)18(23-14-9-15-24-18)11-6-3-1-2-4-7-12-21-16-10-5-8-13-22-16/h16H,1-15H2,(H,19,20). The fraction of sp³-hybridized carbons (Fsp3) is 0.944. The van der Waals surface area contributed by atoms with Crippen LogP contribution in [0.3, 0.4) is 0 Å². The molecule has 2 aliphatic heterocycles. The van der Waals surface area contributed by atoms with Crippen molar-refractivity contribution in [2.24, 2.45) is 0 Å². The lowest BCUT2D eigenvalue weighted by atomic mass is 10.1. The molecule has 0 aromatic heterocycles. The molecule has 2 rings (SSSR count). The SMILES string of the molecule is O=C(O)C1(CCCCCCCCOC2CCCCO2)SCCCS1. The first-order valence-electron chi connectivity index (χ1n) is 9.47. The van der Waals surface area contributed by atoms with Crippen LogP contribution in [-0.4, -0.2) is 46.2 Å². The Bertz CT molecular complexity index is 353. The van der Waals surface area contributed by atoms with Crippen LogP contribution in [0.25, 0.3) is 0 Å². The summed E-state index contributed by atoms with van der Waals surface area (Å²) in [5.41, 5.74) is 0. The number of thioether (sulfide) groups is 2. The van der Waals surface area contributed by atoms with E-state index in [0.717, 1.165) is 63.2 Å². The van der Waals surface area contributed by atoms with Gasteiger partial charge in [-0.05, 0) is 50.0 Å². The van der Waals surface area contributed by atoms with Crippen LogP contribution >= 0.6 is 23.5 Å². The van der Waals surface area contributed by atoms with E-state index in [9.17, 15) is 9.90 Å². The van der Waals surface area contributed by atoms with Crippen LogP contribution in [-0.2, 0) is 14.3 Å². The molecule has 140 valence electrons. The zero-order valence-electron chi connectivity index (χ0n) is 14.7. The van der Waals surface area contributed by atoms with Crippen molar-refractivity contribution in [1.82, 2.24) is 0 Å². The molecule has 0 spiro atoms. The predicted molar refractivity (Wildman–Crippen MR) is 102 cm³/mol. The van der Waals surface area contributed by atoms with Crippen molar-refractivity contribution < 1.29 is 19.4 Å². The van der Waals surface area contributed by atoms with E-state index in [4.69, 9.17) is 9.47 Å². The molecule has 6 heteroatoms. The molecule has 24 heavy (non-hydrogen) atoms. The van der Waals surface area contributed by atoms with E-state index in [-0.39, 0.29) is 6.29 Å². The normalized spacial score (nSPS) is 23.9. The van der Waals surface area contributed by atoms with Gasteiger partial charge in [-0.1, -0.05) is 32.1 Å². The van der Waals surface area contributed by atoms with E-state index in [2.05, 4.69) is 0 Å². The smallest absolute Gasteiger partial charge is 0.330 e. The summed E-state index contributed by atoms with van der Waals surface area (Å²) in [6.45, 7) is 1.65. The van der Waals surface area contributed by atoms with Crippen LogP contribution in [0.2, 0.25) is 0 Å². The van der Waals surface area contributed by atoms with Gasteiger partial charge in [-0.25, -0.2) is 4.79 Å². The van der Waals surface area contributed by atoms with Crippen LogP contribution in [0.4, 0.5) is 0 Å². The molecule has 0 amide bonds. The van der Waals surface area contributed by atoms with Gasteiger partial charge in [0.05, 0.1) is 0 Å². The van der Waals surface area contributed by atoms with Gasteiger partial charge in [0.1, 0.15) is 0 Å². The van der Waals surface area contributed by atoms with E-state index < -0.39 is 10.0 Å². The first kappa shape index (κ1) is 20.4. The van der Waals surface area contributed by atoms with E-state index in [0.29, 0.717) is 0 Å². The summed E-state index contributed by atoms with van der Waals surface area (Å²) in [5, 5.41) is 9.53. The number of carbonyl (C=O) groups is 1. The Morgan fingerprint density at radius 2 is 1.75 bits per heavy atom. The van der Waals surface area contributed by atoms with Crippen LogP contribution in [0.1, 0.15) is 70.6 Å². The van der Waals surface area contributed by atoms with Gasteiger partial charge in [-0.2, -0.15) is 0 Å². The number of hydrogen-bond donors (Lipinski definition) is 1. The summed E-state index contributed by atoms with van der Waals surface area (Å²) in [5.74, 6) is 1.35. The number of aliphatic carboxylic acids is 1. The third-order valence-corrected chi connectivity index (χ3v) is 8.01. The third kappa shape index (κ3) is 7.14. The van der Waals surface area contributed by atoms with Gasteiger partial charge in [-0.15, -0.1) is 23.5 Å². The zero-order valence-corrected chi connectivity index (χ0v) is 16.3. The Balaban J connectivity index is 1.44. The fourth-order valence-electron chi connectivity index (χ4n) is 3.17. The van der Waals surface area contributed by atoms with Gasteiger partial charge in [0.2, 0.25) is 0 Å². The first-order valence-corrected chi connectivity index (χ1v) is 11.4. The van der Waals surface area contributed by atoms with Crippen molar-refractivity contribution in [1.29, 1.82) is 0 Å². The summed E-state index contributed by atoms with van der Waals surface area (Å²) in [4.78, 5) is 11.6. The second-order valence-corrected chi connectivity index (χ2v) is 9.69. The predicted octanol–water partition coefficient (Wildman–Crippen LogP) is 4.91. The number of ether oxygens (including phenoxy) is 2. The van der Waals surface area contributed by atoms with Crippen LogP contribution in [0.15, 0.2) is 0 Å². The summed E-state index contributed by atoms with van der Waals surface area (Å²) in [7, 11) is 0. The van der Waals surface area contributed by atoms with Crippen molar-refractivity contribution in [2.45, 2.75) is 81.0 Å². The van der Waals surface area contributed by atoms with E-state index >= 15 is 0 Å². The summed E-state index contributed by atoms with van der Waals surface area (Å²) in [6.07, 6.45) is 12.3. The van der Waals surface area contributed by atoms with Crippen LogP contribution in [0.5, 0.6) is 0 Å². The summed E-state index contributed by atoms with van der Waals surface area (Å²) < 4.78 is 10.7. The molecule has 0 saturated carbocycles. The maximum absolute atomic E-state index is 11.6. The number of unbranched alkanes of at least 4 members (excludes halogenated alkanes) is 5. The number of carboxylic acid groups (broad SMARTS) is 1. The van der Waals surface area contributed by atoms with E-state index in [1.165, 1.54) is 32.1 Å². The molecule has 2 heterocycles. The van der Waals surface area contributed by atoms with Crippen molar-refractivity contribution in [3.8, 4) is 0 Å². The Hall–Kier alpha value is 0.0900. The molecule has 4 nitrogen and oxygen atoms in total. The average molecular weight is 377 g/mol. The maximum Gasteiger partial charge on any atom is 0.330 e. The quantitative estimate of drug-likeness (QED) is 0.517. The van der Waals surface area contributed by atoms with Gasteiger partial charge in [-0.3, -0.25) is 0 Å². The molecule has 2 saturated heterocycles. The lowest BCUT2D eigenvalue weighted by Gasteiger charge is -2.31. The molecule has 0 bridgehead atoms. The monoisotopic (exact) mass is 376 g/mol. The molecule has 2 aliphatic rings. The number of carboxylic acids is 1. The van der Waals surface area contributed by atoms with Crippen LogP contribution in [0, 0.1) is 0 Å². The van der Waals surface area contributed by atoms with Crippen molar-refractivity contribution >= 4 is 29.5 Å². The molecule has 2 fully saturated rings. The Kier molecular flexibility index (Phi) is 9.91. The highest BCUT2D eigenvalue weighted by Crippen LogP contribution is 2.46. The first-order chi connectivity index (χ1) is 11.7. The van der Waals surface area contributed by atoms with Gasteiger partial charge in [0.15, 0.2) is 10.4 Å². The molecule has 0 aromatic carbocycles. The lowest BCUT2D eigenvalue weighted by molar-refractivity contribution is -0.162. The number of rotatable bonds is 11. The maximum atomic E-state index is 11.6. The fourth-order valence-corrected chi connectivity index (χ4v) is 6.25. The minimum Gasteiger partial charge on any atom is -0.480 e. The molecule has 0 aliphatic carbocycles. The zero-order chi connectivity index (χ0) is 17.1. The van der Waals surface area contributed by atoms with Gasteiger partial charge >= 0.3 is 5.97 Å². The van der Waals surface area contributed by atoms with Crippen LogP contribution < -0.4 is 0 Å². The minimum atomic E-state index is -0.626. The average Bonchev–Trinajstić information content (AvgIpc) is 2.62. The van der Waals surface area contributed by atoms with Crippen molar-refractivity contribution in [3.05, 3.63) is 0 Å². The summed E-state index contributed by atoms with van der Waals surface area (Å²) in [6, 6.07) is 0. The lowest BCUT2D eigenvalue weighted by Crippen LogP contribution is -2.34. The highest BCUT2D eigenvalue weighted by Gasteiger charge is 2.40. The Morgan fingerprint density at radius 3 is 2.42 bits per heavy atom. The Morgan fingerprint density at radius 1 is 1.04 bits per heavy atom. The molecule has 1 N–H and O–H groups in total. The minimum absolute atomic E-state index is 0.0384. The molecule has 1 unspecified atom stereocenters. The van der Waals surface area contributed by atoms with Crippen molar-refractivity contribution in [2.75, 3.05) is 24.7 Å². The van der Waals surface area contributed by atoms with Crippen molar-refractivity contribution in [3.63, 3.8) is 0 Å². The number of hydrogen-bond acceptors (Lipinski definition) is 5. The molecule has 0 aromatic rings. The van der Waals surface area contributed by atoms with E-state index in [1.54, 1.807) is 23.5 Å². The molecule has 1 atom stereocenters. The van der Waals surface area contributed by atoms with E-state index in [1.807, 2.05) is 0 Å². The topological polar surface area (TPSA) is 55.8 Å². The molecular formula is C18H32O4S2. The molecule has 0 radical (unpaired) electrons. The molecular weight excluding hydrogens is 344 g/mol. The van der Waals surface area contributed by atoms with Gasteiger partial charge in [0, 0.05) is 13.2 Å². The van der Waals surface area contributed by atoms with Gasteiger partial charge in [0.25, 0.3) is 0 Å². The largest absolute Gasteiger partial charge is 0.480 e.